The van der Waals surface area contributed by atoms with Gasteiger partial charge in [-0.1, -0.05) is 12.1 Å². The Morgan fingerprint density at radius 3 is 2.16 bits per heavy atom. The third kappa shape index (κ3) is 6.11. The second-order valence-electron chi connectivity index (χ2n) is 13.4. The first-order valence-corrected chi connectivity index (χ1v) is 16.7. The SMILES string of the molecule is Cc1cc(-c2cnc3[nH]cc(-c4ccc(C(=O)N5CCC(O)CC5)cc4)c3c2)cc(C)c1N1CCN(C2CCN(C)CC2)CC1. The Morgan fingerprint density at radius 2 is 1.49 bits per heavy atom. The molecule has 236 valence electrons. The van der Waals surface area contributed by atoms with E-state index in [0.717, 1.165) is 59.9 Å². The number of hydrogen-bond acceptors (Lipinski definition) is 6. The molecule has 7 rings (SSSR count). The number of nitrogens with one attached hydrogen (secondary N) is 1. The number of carbonyl (C=O) groups excluding carboxylic acids is 1. The number of anilines is 1. The predicted octanol–water partition coefficient (Wildman–Crippen LogP) is 5.33. The van der Waals surface area contributed by atoms with Crippen molar-refractivity contribution in [2.45, 2.75) is 51.7 Å². The quantitative estimate of drug-likeness (QED) is 0.320. The summed E-state index contributed by atoms with van der Waals surface area (Å²) in [5.74, 6) is 0.0321. The van der Waals surface area contributed by atoms with Gasteiger partial charge >= 0.3 is 0 Å². The van der Waals surface area contributed by atoms with E-state index < -0.39 is 0 Å². The Labute approximate surface area is 266 Å². The molecule has 8 heteroatoms. The van der Waals surface area contributed by atoms with Crippen molar-refractivity contribution in [2.24, 2.45) is 0 Å². The minimum absolute atomic E-state index is 0.0321. The number of aliphatic hydroxyl groups is 1. The van der Waals surface area contributed by atoms with Crippen LogP contribution in [-0.2, 0) is 0 Å². The van der Waals surface area contributed by atoms with E-state index >= 15 is 0 Å². The molecule has 3 fully saturated rings. The molecule has 0 atom stereocenters. The number of H-pyrrole nitrogens is 1. The Morgan fingerprint density at radius 1 is 0.822 bits per heavy atom. The molecule has 3 saturated heterocycles. The predicted molar refractivity (Wildman–Crippen MR) is 182 cm³/mol. The molecule has 0 spiro atoms. The van der Waals surface area contributed by atoms with Crippen molar-refractivity contribution >= 4 is 22.6 Å². The summed E-state index contributed by atoms with van der Waals surface area (Å²) in [4.78, 5) is 30.8. The molecule has 4 aromatic rings. The first kappa shape index (κ1) is 30.0. The smallest absolute Gasteiger partial charge is 0.253 e. The molecular weight excluding hydrogens is 560 g/mol. The van der Waals surface area contributed by atoms with Crippen LogP contribution in [0.4, 0.5) is 5.69 Å². The molecular formula is C37H46N6O2. The zero-order chi connectivity index (χ0) is 31.1. The molecule has 0 aliphatic carbocycles. The van der Waals surface area contributed by atoms with Crippen molar-refractivity contribution in [1.82, 2.24) is 24.7 Å². The van der Waals surface area contributed by atoms with E-state index in [1.54, 1.807) is 0 Å². The monoisotopic (exact) mass is 606 g/mol. The third-order valence-electron chi connectivity index (χ3n) is 10.4. The number of aromatic nitrogens is 2. The lowest BCUT2D eigenvalue weighted by molar-refractivity contribution is 0.0546. The Kier molecular flexibility index (Phi) is 8.38. The van der Waals surface area contributed by atoms with Crippen LogP contribution in [0.15, 0.2) is 54.9 Å². The van der Waals surface area contributed by atoms with Gasteiger partial charge in [0.2, 0.25) is 0 Å². The van der Waals surface area contributed by atoms with Crippen molar-refractivity contribution in [1.29, 1.82) is 0 Å². The van der Waals surface area contributed by atoms with Gasteiger partial charge in [-0.2, -0.15) is 0 Å². The number of aromatic amines is 1. The molecule has 1 amide bonds. The molecule has 0 radical (unpaired) electrons. The number of piperidine rings is 2. The van der Waals surface area contributed by atoms with Gasteiger partial charge in [-0.05, 0) is 112 Å². The van der Waals surface area contributed by atoms with Crippen LogP contribution >= 0.6 is 0 Å². The third-order valence-corrected chi connectivity index (χ3v) is 10.4. The number of amides is 1. The van der Waals surface area contributed by atoms with Crippen molar-refractivity contribution in [2.75, 3.05) is 64.3 Å². The minimum Gasteiger partial charge on any atom is -0.393 e. The number of piperazine rings is 1. The van der Waals surface area contributed by atoms with Gasteiger partial charge in [0.25, 0.3) is 5.91 Å². The van der Waals surface area contributed by atoms with Crippen LogP contribution < -0.4 is 4.90 Å². The zero-order valence-corrected chi connectivity index (χ0v) is 26.9. The van der Waals surface area contributed by atoms with Gasteiger partial charge in [0.1, 0.15) is 5.65 Å². The second kappa shape index (κ2) is 12.6. The summed E-state index contributed by atoms with van der Waals surface area (Å²) in [6.07, 6.45) is 7.56. The first-order chi connectivity index (χ1) is 21.8. The van der Waals surface area contributed by atoms with E-state index in [2.05, 4.69) is 58.8 Å². The van der Waals surface area contributed by atoms with Crippen molar-refractivity contribution in [3.8, 4) is 22.3 Å². The van der Waals surface area contributed by atoms with Crippen LogP contribution in [0.2, 0.25) is 0 Å². The minimum atomic E-state index is -0.294. The fourth-order valence-corrected chi connectivity index (χ4v) is 7.74. The highest BCUT2D eigenvalue weighted by Crippen LogP contribution is 2.35. The molecule has 0 saturated carbocycles. The number of nitrogens with zero attached hydrogens (tertiary/aromatic N) is 5. The van der Waals surface area contributed by atoms with Crippen molar-refractivity contribution in [3.63, 3.8) is 0 Å². The lowest BCUT2D eigenvalue weighted by Crippen LogP contribution is -2.53. The van der Waals surface area contributed by atoms with Gasteiger partial charge in [-0.3, -0.25) is 9.69 Å². The average molecular weight is 607 g/mol. The molecule has 2 aromatic heterocycles. The summed E-state index contributed by atoms with van der Waals surface area (Å²) in [5.41, 5.74) is 9.97. The summed E-state index contributed by atoms with van der Waals surface area (Å²) in [6, 6.07) is 15.5. The number of pyridine rings is 1. The Bertz CT molecular complexity index is 1630. The highest BCUT2D eigenvalue weighted by Gasteiger charge is 2.28. The van der Waals surface area contributed by atoms with Crippen molar-refractivity contribution in [3.05, 3.63) is 71.5 Å². The number of rotatable bonds is 5. The van der Waals surface area contributed by atoms with Gasteiger partial charge < -0.3 is 24.8 Å². The van der Waals surface area contributed by atoms with Gasteiger partial charge in [0.05, 0.1) is 6.10 Å². The number of aliphatic hydroxyl groups excluding tert-OH is 1. The van der Waals surface area contributed by atoms with E-state index in [-0.39, 0.29) is 12.0 Å². The van der Waals surface area contributed by atoms with E-state index in [1.165, 1.54) is 48.3 Å². The summed E-state index contributed by atoms with van der Waals surface area (Å²) >= 11 is 0. The summed E-state index contributed by atoms with van der Waals surface area (Å²) in [5, 5.41) is 10.9. The van der Waals surface area contributed by atoms with Gasteiger partial charge in [-0.25, -0.2) is 4.98 Å². The summed E-state index contributed by atoms with van der Waals surface area (Å²) in [7, 11) is 2.24. The number of aryl methyl sites for hydroxylation is 2. The van der Waals surface area contributed by atoms with Crippen LogP contribution in [0.5, 0.6) is 0 Å². The molecule has 8 nitrogen and oxygen atoms in total. The zero-order valence-electron chi connectivity index (χ0n) is 26.9. The van der Waals surface area contributed by atoms with E-state index in [9.17, 15) is 9.90 Å². The number of carbonyl (C=O) groups is 1. The molecule has 3 aliphatic heterocycles. The first-order valence-electron chi connectivity index (χ1n) is 16.7. The molecule has 2 aromatic carbocycles. The summed E-state index contributed by atoms with van der Waals surface area (Å²) < 4.78 is 0. The van der Waals surface area contributed by atoms with Gasteiger partial charge in [-0.15, -0.1) is 0 Å². The van der Waals surface area contributed by atoms with Crippen LogP contribution in [0.25, 0.3) is 33.3 Å². The Balaban J connectivity index is 1.08. The van der Waals surface area contributed by atoms with Crippen LogP contribution in [0.1, 0.15) is 47.2 Å². The van der Waals surface area contributed by atoms with Gasteiger partial charge in [0, 0.05) is 85.5 Å². The highest BCUT2D eigenvalue weighted by atomic mass is 16.3. The molecule has 3 aliphatic rings. The topological polar surface area (TPSA) is 78.9 Å². The van der Waals surface area contributed by atoms with Crippen LogP contribution in [0, 0.1) is 13.8 Å². The maximum absolute atomic E-state index is 13.0. The number of benzene rings is 2. The molecule has 0 unspecified atom stereocenters. The summed E-state index contributed by atoms with van der Waals surface area (Å²) in [6.45, 7) is 12.6. The van der Waals surface area contributed by atoms with Crippen LogP contribution in [0.3, 0.4) is 0 Å². The Hall–Kier alpha value is -3.72. The maximum atomic E-state index is 13.0. The van der Waals surface area contributed by atoms with E-state index in [4.69, 9.17) is 4.98 Å². The second-order valence-corrected chi connectivity index (χ2v) is 13.4. The highest BCUT2D eigenvalue weighted by molar-refractivity contribution is 5.98. The lowest BCUT2D eigenvalue weighted by Gasteiger charge is -2.43. The van der Waals surface area contributed by atoms with E-state index in [1.807, 2.05) is 41.6 Å². The van der Waals surface area contributed by atoms with Crippen LogP contribution in [-0.4, -0.2) is 107 Å². The molecule has 5 heterocycles. The molecule has 45 heavy (non-hydrogen) atoms. The van der Waals surface area contributed by atoms with E-state index in [0.29, 0.717) is 31.5 Å². The molecule has 2 N–H and O–H groups in total. The lowest BCUT2D eigenvalue weighted by atomic mass is 9.97. The fourth-order valence-electron chi connectivity index (χ4n) is 7.74. The normalized spacial score (nSPS) is 19.5. The largest absolute Gasteiger partial charge is 0.393 e. The van der Waals surface area contributed by atoms with Crippen molar-refractivity contribution < 1.29 is 9.90 Å². The average Bonchev–Trinajstić information content (AvgIpc) is 3.49. The number of hydrogen-bond donors (Lipinski definition) is 2. The fraction of sp³-hybridized carbons (Fsp3) is 0.459. The molecule has 0 bridgehead atoms. The standard InChI is InChI=1S/C37H46N6O2/c1-25-20-29(21-26(2)35(25)42-18-16-41(17-19-42)31-8-12-40(3)13-9-31)30-22-33-34(24-39-36(33)38-23-30)27-4-6-28(7-5-27)37(45)43-14-10-32(44)11-15-43/h4-7,20-24,31-32,44H,8-19H2,1-3H3,(H,38,39). The number of fused-ring (bicyclic) bond motifs is 1. The van der Waals surface area contributed by atoms with Gasteiger partial charge in [0.15, 0.2) is 0 Å². The number of likely N-dealkylation sites (tertiary alicyclic amines) is 2. The maximum Gasteiger partial charge on any atom is 0.253 e.